The number of carbonyl (C=O) groups excluding carboxylic acids is 2. The molecule has 1 aliphatic carbocycles. The Morgan fingerprint density at radius 1 is 1.41 bits per heavy atom. The lowest BCUT2D eigenvalue weighted by Gasteiger charge is -2.27. The Morgan fingerprint density at radius 2 is 2.06 bits per heavy atom. The second-order valence-corrected chi connectivity index (χ2v) is 4.00. The summed E-state index contributed by atoms with van der Waals surface area (Å²) in [5, 5.41) is 19.5. The number of nitrogens with one attached hydrogen (secondary N) is 1. The van der Waals surface area contributed by atoms with Crippen molar-refractivity contribution in [2.24, 2.45) is 0 Å². The molecule has 94 valence electrons. The number of nitrogens with zero attached hydrogens (tertiary/aromatic N) is 2. The summed E-state index contributed by atoms with van der Waals surface area (Å²) >= 11 is 0. The number of hydrogen-bond donors (Lipinski definition) is 2. The van der Waals surface area contributed by atoms with Gasteiger partial charge in [0, 0.05) is 12.6 Å². The molecule has 0 aromatic rings. The minimum Gasteiger partial charge on any atom is -0.395 e. The predicted octanol–water partition coefficient (Wildman–Crippen LogP) is -0.610. The number of hydrogen-bond acceptors (Lipinski definition) is 4. The molecule has 0 radical (unpaired) electrons. The van der Waals surface area contributed by atoms with Gasteiger partial charge >= 0.3 is 11.8 Å². The molecule has 1 aliphatic rings. The summed E-state index contributed by atoms with van der Waals surface area (Å²) in [4.78, 5) is 24.7. The lowest BCUT2D eigenvalue weighted by Crippen LogP contribution is -2.48. The first-order valence-electron chi connectivity index (χ1n) is 5.77. The molecule has 0 saturated heterocycles. The van der Waals surface area contributed by atoms with Gasteiger partial charge in [-0.15, -0.1) is 0 Å². The second kappa shape index (κ2) is 6.86. The second-order valence-electron chi connectivity index (χ2n) is 4.00. The van der Waals surface area contributed by atoms with Crippen molar-refractivity contribution in [2.45, 2.75) is 31.7 Å². The van der Waals surface area contributed by atoms with Gasteiger partial charge in [0.05, 0.1) is 12.7 Å². The number of amides is 2. The summed E-state index contributed by atoms with van der Waals surface area (Å²) in [5.74, 6) is -1.42. The van der Waals surface area contributed by atoms with E-state index in [0.717, 1.165) is 25.7 Å². The molecule has 0 spiro atoms. The van der Waals surface area contributed by atoms with Crippen LogP contribution in [-0.4, -0.2) is 47.6 Å². The van der Waals surface area contributed by atoms with E-state index >= 15 is 0 Å². The first-order valence-corrected chi connectivity index (χ1v) is 5.77. The molecule has 0 aromatic carbocycles. The van der Waals surface area contributed by atoms with Crippen LogP contribution in [-0.2, 0) is 9.59 Å². The van der Waals surface area contributed by atoms with E-state index in [1.54, 1.807) is 6.07 Å². The normalized spacial score (nSPS) is 15.3. The lowest BCUT2D eigenvalue weighted by molar-refractivity contribution is -0.147. The van der Waals surface area contributed by atoms with E-state index in [2.05, 4.69) is 5.32 Å². The van der Waals surface area contributed by atoms with Crippen molar-refractivity contribution in [3.05, 3.63) is 0 Å². The van der Waals surface area contributed by atoms with Crippen molar-refractivity contribution in [1.29, 1.82) is 5.26 Å². The molecule has 1 saturated carbocycles. The van der Waals surface area contributed by atoms with Crippen molar-refractivity contribution >= 4 is 11.8 Å². The lowest BCUT2D eigenvalue weighted by atomic mass is 10.2. The molecule has 0 heterocycles. The molecule has 0 bridgehead atoms. The number of rotatable bonds is 4. The third-order valence-corrected chi connectivity index (χ3v) is 2.89. The van der Waals surface area contributed by atoms with Crippen molar-refractivity contribution in [3.63, 3.8) is 0 Å². The van der Waals surface area contributed by atoms with Crippen LogP contribution in [0, 0.1) is 11.3 Å². The van der Waals surface area contributed by atoms with Crippen LogP contribution in [0.4, 0.5) is 0 Å². The highest BCUT2D eigenvalue weighted by Gasteiger charge is 2.29. The fraction of sp³-hybridized carbons (Fsp3) is 0.727. The van der Waals surface area contributed by atoms with E-state index in [1.165, 1.54) is 4.90 Å². The monoisotopic (exact) mass is 239 g/mol. The standard InChI is InChI=1S/C11H17N3O3/c12-5-6-13-10(16)11(17)14(7-8-15)9-3-1-2-4-9/h9,15H,1-4,6-8H2,(H,13,16). The van der Waals surface area contributed by atoms with Crippen molar-refractivity contribution < 1.29 is 14.7 Å². The average Bonchev–Trinajstić information content (AvgIpc) is 2.85. The molecule has 2 N–H and O–H groups in total. The zero-order valence-corrected chi connectivity index (χ0v) is 9.69. The van der Waals surface area contributed by atoms with E-state index in [0.29, 0.717) is 0 Å². The van der Waals surface area contributed by atoms with Gasteiger partial charge < -0.3 is 15.3 Å². The summed E-state index contributed by atoms with van der Waals surface area (Å²) < 4.78 is 0. The van der Waals surface area contributed by atoms with Crippen molar-refractivity contribution in [1.82, 2.24) is 10.2 Å². The maximum absolute atomic E-state index is 11.8. The van der Waals surface area contributed by atoms with E-state index < -0.39 is 11.8 Å². The highest BCUT2D eigenvalue weighted by molar-refractivity contribution is 6.35. The van der Waals surface area contributed by atoms with Crippen LogP contribution in [0.25, 0.3) is 0 Å². The maximum atomic E-state index is 11.8. The van der Waals surface area contributed by atoms with Crippen molar-refractivity contribution in [2.75, 3.05) is 19.7 Å². The van der Waals surface area contributed by atoms with Gasteiger partial charge in [0.1, 0.15) is 6.54 Å². The van der Waals surface area contributed by atoms with Gasteiger partial charge in [-0.1, -0.05) is 12.8 Å². The molecule has 17 heavy (non-hydrogen) atoms. The molecule has 0 unspecified atom stereocenters. The van der Waals surface area contributed by atoms with Crippen molar-refractivity contribution in [3.8, 4) is 6.07 Å². The van der Waals surface area contributed by atoms with Gasteiger partial charge in [-0.2, -0.15) is 5.26 Å². The molecule has 1 rings (SSSR count). The van der Waals surface area contributed by atoms with Gasteiger partial charge in [0.2, 0.25) is 0 Å². The fourth-order valence-electron chi connectivity index (χ4n) is 2.10. The van der Waals surface area contributed by atoms with Crippen LogP contribution < -0.4 is 5.32 Å². The molecule has 0 aromatic heterocycles. The summed E-state index contributed by atoms with van der Waals surface area (Å²) in [7, 11) is 0. The number of aliphatic hydroxyl groups excluding tert-OH is 1. The average molecular weight is 239 g/mol. The minimum atomic E-state index is -0.771. The van der Waals surface area contributed by atoms with Crippen LogP contribution in [0.3, 0.4) is 0 Å². The first kappa shape index (κ1) is 13.5. The maximum Gasteiger partial charge on any atom is 0.312 e. The Balaban J connectivity index is 2.59. The Bertz CT molecular complexity index is 318. The molecular weight excluding hydrogens is 222 g/mol. The number of carbonyl (C=O) groups is 2. The van der Waals surface area contributed by atoms with Gasteiger partial charge in [-0.25, -0.2) is 0 Å². The van der Waals surface area contributed by atoms with E-state index in [4.69, 9.17) is 10.4 Å². The van der Waals surface area contributed by atoms with E-state index in [1.807, 2.05) is 0 Å². The SMILES string of the molecule is N#CCNC(=O)C(=O)N(CCO)C1CCCC1. The van der Waals surface area contributed by atoms with Gasteiger partial charge in [-0.05, 0) is 12.8 Å². The molecule has 2 amide bonds. The van der Waals surface area contributed by atoms with Gasteiger partial charge in [0.15, 0.2) is 0 Å². The van der Waals surface area contributed by atoms with Crippen LogP contribution in [0.5, 0.6) is 0 Å². The zero-order valence-electron chi connectivity index (χ0n) is 9.69. The number of nitriles is 1. The topological polar surface area (TPSA) is 93.4 Å². The number of aliphatic hydroxyl groups is 1. The zero-order chi connectivity index (χ0) is 12.7. The van der Waals surface area contributed by atoms with E-state index in [9.17, 15) is 9.59 Å². The van der Waals surface area contributed by atoms with Crippen LogP contribution in [0.2, 0.25) is 0 Å². The van der Waals surface area contributed by atoms with Crippen LogP contribution >= 0.6 is 0 Å². The van der Waals surface area contributed by atoms with Gasteiger partial charge in [0.25, 0.3) is 0 Å². The fourth-order valence-corrected chi connectivity index (χ4v) is 2.10. The minimum absolute atomic E-state index is 0.0440. The highest BCUT2D eigenvalue weighted by atomic mass is 16.3. The third-order valence-electron chi connectivity index (χ3n) is 2.89. The molecule has 0 atom stereocenters. The Labute approximate surface area is 100 Å². The Kier molecular flexibility index (Phi) is 5.43. The smallest absolute Gasteiger partial charge is 0.312 e. The molecule has 0 aliphatic heterocycles. The molecule has 6 heteroatoms. The quantitative estimate of drug-likeness (QED) is 0.505. The Hall–Kier alpha value is -1.61. The summed E-state index contributed by atoms with van der Waals surface area (Å²) in [6.45, 7) is -0.167. The Morgan fingerprint density at radius 3 is 2.59 bits per heavy atom. The predicted molar refractivity (Wildman–Crippen MR) is 59.7 cm³/mol. The molecular formula is C11H17N3O3. The summed E-state index contributed by atoms with van der Waals surface area (Å²) in [6, 6.07) is 1.79. The largest absolute Gasteiger partial charge is 0.395 e. The van der Waals surface area contributed by atoms with E-state index in [-0.39, 0.29) is 25.7 Å². The third kappa shape index (κ3) is 3.71. The highest BCUT2D eigenvalue weighted by Crippen LogP contribution is 2.23. The summed E-state index contributed by atoms with van der Waals surface area (Å²) in [6.07, 6.45) is 3.83. The summed E-state index contributed by atoms with van der Waals surface area (Å²) in [5.41, 5.74) is 0. The molecule has 6 nitrogen and oxygen atoms in total. The first-order chi connectivity index (χ1) is 8.20. The van der Waals surface area contributed by atoms with Crippen LogP contribution in [0.15, 0.2) is 0 Å². The van der Waals surface area contributed by atoms with Crippen LogP contribution in [0.1, 0.15) is 25.7 Å². The molecule has 1 fully saturated rings. The van der Waals surface area contributed by atoms with Gasteiger partial charge in [-0.3, -0.25) is 9.59 Å².